The van der Waals surface area contributed by atoms with E-state index >= 15 is 0 Å². The van der Waals surface area contributed by atoms with Crippen LogP contribution in [-0.4, -0.2) is 22.8 Å². The predicted molar refractivity (Wildman–Crippen MR) is 76.3 cm³/mol. The van der Waals surface area contributed by atoms with Crippen molar-refractivity contribution in [2.24, 2.45) is 5.41 Å². The Morgan fingerprint density at radius 3 is 2.58 bits per heavy atom. The summed E-state index contributed by atoms with van der Waals surface area (Å²) in [7, 11) is 0. The molecule has 2 N–H and O–H groups in total. The van der Waals surface area contributed by atoms with Gasteiger partial charge in [0, 0.05) is 0 Å². The van der Waals surface area contributed by atoms with Gasteiger partial charge in [-0.15, -0.1) is 0 Å². The molecular formula is C14H19BrO4. The van der Waals surface area contributed by atoms with E-state index in [4.69, 9.17) is 9.84 Å². The summed E-state index contributed by atoms with van der Waals surface area (Å²) in [5, 5.41) is 19.2. The molecule has 0 spiro atoms. The van der Waals surface area contributed by atoms with E-state index in [2.05, 4.69) is 15.9 Å². The number of hydrogen-bond donors (Lipinski definition) is 2. The van der Waals surface area contributed by atoms with E-state index in [0.29, 0.717) is 17.9 Å². The SMILES string of the molecule is CCOc1ccc(C(O)CC(C)(C)C(=O)O)cc1Br. The van der Waals surface area contributed by atoms with Crippen LogP contribution in [0.25, 0.3) is 0 Å². The lowest BCUT2D eigenvalue weighted by molar-refractivity contribution is -0.148. The molecule has 0 fully saturated rings. The Kier molecular flexibility index (Phi) is 5.38. The summed E-state index contributed by atoms with van der Waals surface area (Å²) in [5.74, 6) is -0.215. The van der Waals surface area contributed by atoms with Crippen LogP contribution < -0.4 is 4.74 Å². The van der Waals surface area contributed by atoms with E-state index in [9.17, 15) is 9.90 Å². The van der Waals surface area contributed by atoms with Gasteiger partial charge in [-0.05, 0) is 60.8 Å². The summed E-state index contributed by atoms with van der Waals surface area (Å²) in [5.41, 5.74) is -0.297. The average molecular weight is 331 g/mol. The molecule has 0 saturated heterocycles. The van der Waals surface area contributed by atoms with Crippen LogP contribution in [-0.2, 0) is 4.79 Å². The Hall–Kier alpha value is -1.07. The van der Waals surface area contributed by atoms with Gasteiger partial charge in [0.15, 0.2) is 0 Å². The highest BCUT2D eigenvalue weighted by molar-refractivity contribution is 9.10. The minimum absolute atomic E-state index is 0.156. The molecule has 1 atom stereocenters. The van der Waals surface area contributed by atoms with Gasteiger partial charge in [0.25, 0.3) is 0 Å². The summed E-state index contributed by atoms with van der Waals surface area (Å²) >= 11 is 3.37. The van der Waals surface area contributed by atoms with E-state index in [-0.39, 0.29) is 6.42 Å². The number of benzene rings is 1. The van der Waals surface area contributed by atoms with Crippen molar-refractivity contribution in [3.8, 4) is 5.75 Å². The molecule has 1 aromatic rings. The van der Waals surface area contributed by atoms with Gasteiger partial charge in [0.2, 0.25) is 0 Å². The Morgan fingerprint density at radius 2 is 2.11 bits per heavy atom. The normalized spacial score (nSPS) is 13.1. The van der Waals surface area contributed by atoms with Crippen LogP contribution in [0.4, 0.5) is 0 Å². The number of aliphatic hydroxyl groups excluding tert-OH is 1. The van der Waals surface area contributed by atoms with E-state index in [1.165, 1.54) is 0 Å². The van der Waals surface area contributed by atoms with Crippen LogP contribution in [0, 0.1) is 5.41 Å². The van der Waals surface area contributed by atoms with E-state index in [0.717, 1.165) is 4.47 Å². The fourth-order valence-corrected chi connectivity index (χ4v) is 2.20. The second-order valence-electron chi connectivity index (χ2n) is 5.03. The van der Waals surface area contributed by atoms with E-state index in [1.807, 2.05) is 6.92 Å². The summed E-state index contributed by atoms with van der Waals surface area (Å²) in [6, 6.07) is 5.27. The second kappa shape index (κ2) is 6.39. The maximum atomic E-state index is 11.1. The molecule has 1 unspecified atom stereocenters. The van der Waals surface area contributed by atoms with Crippen LogP contribution in [0.2, 0.25) is 0 Å². The summed E-state index contributed by atoms with van der Waals surface area (Å²) in [6.07, 6.45) is -0.666. The largest absolute Gasteiger partial charge is 0.493 e. The minimum Gasteiger partial charge on any atom is -0.493 e. The van der Waals surface area contributed by atoms with Crippen molar-refractivity contribution in [1.29, 1.82) is 0 Å². The van der Waals surface area contributed by atoms with Crippen molar-refractivity contribution in [1.82, 2.24) is 0 Å². The lowest BCUT2D eigenvalue weighted by Crippen LogP contribution is -2.26. The van der Waals surface area contributed by atoms with Crippen molar-refractivity contribution in [2.75, 3.05) is 6.61 Å². The fraction of sp³-hybridized carbons (Fsp3) is 0.500. The standard InChI is InChI=1S/C14H19BrO4/c1-4-19-12-6-5-9(7-10(12)15)11(16)8-14(2,3)13(17)18/h5-7,11,16H,4,8H2,1-3H3,(H,17,18). The van der Waals surface area contributed by atoms with Crippen molar-refractivity contribution in [3.63, 3.8) is 0 Å². The zero-order valence-corrected chi connectivity index (χ0v) is 12.9. The zero-order chi connectivity index (χ0) is 14.6. The Labute approximate surface area is 121 Å². The molecule has 5 heteroatoms. The van der Waals surface area contributed by atoms with Gasteiger partial charge in [0.05, 0.1) is 22.6 Å². The Morgan fingerprint density at radius 1 is 1.47 bits per heavy atom. The smallest absolute Gasteiger partial charge is 0.309 e. The molecular weight excluding hydrogens is 312 g/mol. The number of ether oxygens (including phenoxy) is 1. The molecule has 1 rings (SSSR count). The van der Waals surface area contributed by atoms with Crippen LogP contribution in [0.3, 0.4) is 0 Å². The number of carbonyl (C=O) groups is 1. The number of halogens is 1. The molecule has 106 valence electrons. The van der Waals surface area contributed by atoms with E-state index in [1.54, 1.807) is 32.0 Å². The van der Waals surface area contributed by atoms with Crippen LogP contribution in [0.1, 0.15) is 38.9 Å². The molecule has 0 saturated carbocycles. The van der Waals surface area contributed by atoms with E-state index < -0.39 is 17.5 Å². The first kappa shape index (κ1) is 16.0. The first-order valence-electron chi connectivity index (χ1n) is 6.11. The molecule has 1 aromatic carbocycles. The predicted octanol–water partition coefficient (Wildman–Crippen LogP) is 3.38. The molecule has 0 aromatic heterocycles. The fourth-order valence-electron chi connectivity index (χ4n) is 1.69. The van der Waals surface area contributed by atoms with Crippen molar-refractivity contribution < 1.29 is 19.7 Å². The number of hydrogen-bond acceptors (Lipinski definition) is 3. The average Bonchev–Trinajstić information content (AvgIpc) is 2.31. The summed E-state index contributed by atoms with van der Waals surface area (Å²) in [4.78, 5) is 11.1. The van der Waals surface area contributed by atoms with Gasteiger partial charge in [0.1, 0.15) is 5.75 Å². The van der Waals surface area contributed by atoms with Crippen molar-refractivity contribution in [3.05, 3.63) is 28.2 Å². The molecule has 0 bridgehead atoms. The highest BCUT2D eigenvalue weighted by Gasteiger charge is 2.30. The molecule has 19 heavy (non-hydrogen) atoms. The minimum atomic E-state index is -0.968. The maximum Gasteiger partial charge on any atom is 0.309 e. The first-order valence-corrected chi connectivity index (χ1v) is 6.91. The topological polar surface area (TPSA) is 66.8 Å². The lowest BCUT2D eigenvalue weighted by Gasteiger charge is -2.23. The van der Waals surface area contributed by atoms with Crippen molar-refractivity contribution >= 4 is 21.9 Å². The second-order valence-corrected chi connectivity index (χ2v) is 5.89. The Bertz CT molecular complexity index is 457. The summed E-state index contributed by atoms with van der Waals surface area (Å²) in [6.45, 7) is 5.65. The molecule has 0 aliphatic heterocycles. The van der Waals surface area contributed by atoms with Gasteiger partial charge < -0.3 is 14.9 Å². The van der Waals surface area contributed by atoms with Crippen LogP contribution in [0.15, 0.2) is 22.7 Å². The molecule has 4 nitrogen and oxygen atoms in total. The van der Waals surface area contributed by atoms with Crippen LogP contribution >= 0.6 is 15.9 Å². The molecule has 0 aliphatic rings. The highest BCUT2D eigenvalue weighted by Crippen LogP contribution is 2.34. The highest BCUT2D eigenvalue weighted by atomic mass is 79.9. The Balaban J connectivity index is 2.86. The number of aliphatic hydroxyl groups is 1. The third-order valence-corrected chi connectivity index (χ3v) is 3.54. The van der Waals surface area contributed by atoms with Gasteiger partial charge in [-0.3, -0.25) is 4.79 Å². The van der Waals surface area contributed by atoms with Gasteiger partial charge in [-0.1, -0.05) is 6.07 Å². The monoisotopic (exact) mass is 330 g/mol. The quantitative estimate of drug-likeness (QED) is 0.839. The molecule has 0 aliphatic carbocycles. The van der Waals surface area contributed by atoms with Gasteiger partial charge in [-0.2, -0.15) is 0 Å². The van der Waals surface area contributed by atoms with Crippen LogP contribution in [0.5, 0.6) is 5.75 Å². The molecule has 0 heterocycles. The molecule has 0 amide bonds. The van der Waals surface area contributed by atoms with Gasteiger partial charge in [-0.25, -0.2) is 0 Å². The van der Waals surface area contributed by atoms with Crippen molar-refractivity contribution in [2.45, 2.75) is 33.3 Å². The maximum absolute atomic E-state index is 11.1. The number of carboxylic acid groups (broad SMARTS) is 1. The third kappa shape index (κ3) is 4.21. The number of carboxylic acids is 1. The number of rotatable bonds is 6. The molecule has 0 radical (unpaired) electrons. The lowest BCUT2D eigenvalue weighted by atomic mass is 9.85. The zero-order valence-electron chi connectivity index (χ0n) is 11.3. The number of aliphatic carboxylic acids is 1. The first-order chi connectivity index (χ1) is 8.77. The third-order valence-electron chi connectivity index (χ3n) is 2.92. The van der Waals surface area contributed by atoms with Gasteiger partial charge >= 0.3 is 5.97 Å². The summed E-state index contributed by atoms with van der Waals surface area (Å²) < 4.78 is 6.14.